The average molecular weight is 403 g/mol. The van der Waals surface area contributed by atoms with Crippen LogP contribution in [0.25, 0.3) is 0 Å². The van der Waals surface area contributed by atoms with Crippen LogP contribution in [0.3, 0.4) is 0 Å². The van der Waals surface area contributed by atoms with E-state index >= 15 is 0 Å². The number of carbonyl (C=O) groups excluding carboxylic acids is 2. The van der Waals surface area contributed by atoms with E-state index in [1.807, 2.05) is 18.2 Å². The Labute approximate surface area is 175 Å². The van der Waals surface area contributed by atoms with Crippen molar-refractivity contribution < 1.29 is 9.59 Å². The summed E-state index contributed by atoms with van der Waals surface area (Å²) in [5.74, 6) is 1.67. The molecule has 2 aromatic carbocycles. The van der Waals surface area contributed by atoms with Crippen LogP contribution >= 0.6 is 0 Å². The van der Waals surface area contributed by atoms with Crippen molar-refractivity contribution in [1.29, 1.82) is 0 Å². The van der Waals surface area contributed by atoms with Crippen molar-refractivity contribution in [2.75, 3.05) is 11.9 Å². The highest BCUT2D eigenvalue weighted by atomic mass is 16.2. The molecule has 2 heterocycles. The van der Waals surface area contributed by atoms with Crippen LogP contribution in [-0.4, -0.2) is 33.1 Å². The predicted octanol–water partition coefficient (Wildman–Crippen LogP) is 3.23. The quantitative estimate of drug-likeness (QED) is 0.661. The first-order valence-electron chi connectivity index (χ1n) is 10.4. The number of hydrogen-bond donors (Lipinski definition) is 2. The Morgan fingerprint density at radius 2 is 1.63 bits per heavy atom. The van der Waals surface area contributed by atoms with Gasteiger partial charge in [0.2, 0.25) is 0 Å². The molecule has 0 fully saturated rings. The Kier molecular flexibility index (Phi) is 6.17. The Bertz CT molecular complexity index is 1010. The van der Waals surface area contributed by atoms with E-state index in [0.29, 0.717) is 29.8 Å². The molecule has 0 atom stereocenters. The number of anilines is 1. The molecule has 1 aliphatic rings. The summed E-state index contributed by atoms with van der Waals surface area (Å²) < 4.78 is 2.20. The Morgan fingerprint density at radius 1 is 0.867 bits per heavy atom. The fraction of sp³-hybridized carbons (Fsp3) is 0.304. The third-order valence-corrected chi connectivity index (χ3v) is 5.26. The highest BCUT2D eigenvalue weighted by Crippen LogP contribution is 2.15. The summed E-state index contributed by atoms with van der Waals surface area (Å²) in [5.41, 5.74) is 1.78. The first-order valence-corrected chi connectivity index (χ1v) is 10.4. The van der Waals surface area contributed by atoms with Gasteiger partial charge in [0, 0.05) is 42.7 Å². The molecule has 0 saturated carbocycles. The lowest BCUT2D eigenvalue weighted by atomic mass is 10.1. The van der Waals surface area contributed by atoms with Crippen LogP contribution in [0.15, 0.2) is 54.6 Å². The molecule has 0 aliphatic carbocycles. The van der Waals surface area contributed by atoms with E-state index in [0.717, 1.165) is 37.5 Å². The highest BCUT2D eigenvalue weighted by Gasteiger charge is 2.15. The number of hydrogen-bond acceptors (Lipinski definition) is 4. The van der Waals surface area contributed by atoms with Gasteiger partial charge in [0.25, 0.3) is 11.8 Å². The molecule has 1 aliphatic heterocycles. The molecule has 0 spiro atoms. The molecule has 0 bridgehead atoms. The summed E-state index contributed by atoms with van der Waals surface area (Å²) in [7, 11) is 0. The van der Waals surface area contributed by atoms with Crippen LogP contribution in [0.4, 0.5) is 5.69 Å². The topological polar surface area (TPSA) is 88.9 Å². The molecule has 30 heavy (non-hydrogen) atoms. The van der Waals surface area contributed by atoms with Gasteiger partial charge in [-0.1, -0.05) is 24.6 Å². The normalized spacial score (nSPS) is 13.2. The first-order chi connectivity index (χ1) is 14.7. The number of fused-ring (bicyclic) bond motifs is 1. The van der Waals surface area contributed by atoms with Gasteiger partial charge in [0.1, 0.15) is 11.6 Å². The van der Waals surface area contributed by atoms with E-state index in [2.05, 4.69) is 25.4 Å². The number of aromatic nitrogens is 3. The summed E-state index contributed by atoms with van der Waals surface area (Å²) in [5, 5.41) is 14.4. The van der Waals surface area contributed by atoms with Gasteiger partial charge in [-0.25, -0.2) is 0 Å². The van der Waals surface area contributed by atoms with Crippen molar-refractivity contribution in [3.63, 3.8) is 0 Å². The molecule has 1 aromatic heterocycles. The van der Waals surface area contributed by atoms with Crippen molar-refractivity contribution >= 4 is 17.5 Å². The van der Waals surface area contributed by atoms with Crippen molar-refractivity contribution in [3.8, 4) is 0 Å². The second-order valence-corrected chi connectivity index (χ2v) is 7.40. The number of benzene rings is 2. The molecule has 7 nitrogen and oxygen atoms in total. The molecule has 0 saturated heterocycles. The predicted molar refractivity (Wildman–Crippen MR) is 114 cm³/mol. The maximum atomic E-state index is 12.4. The zero-order valence-corrected chi connectivity index (χ0v) is 16.8. The lowest BCUT2D eigenvalue weighted by molar-refractivity contribution is 0.0953. The van der Waals surface area contributed by atoms with Crippen LogP contribution in [0, 0.1) is 0 Å². The third-order valence-electron chi connectivity index (χ3n) is 5.26. The third kappa shape index (κ3) is 4.74. The molecule has 2 amide bonds. The van der Waals surface area contributed by atoms with Gasteiger partial charge >= 0.3 is 0 Å². The molecule has 4 rings (SSSR count). The van der Waals surface area contributed by atoms with Gasteiger partial charge in [0.15, 0.2) is 0 Å². The van der Waals surface area contributed by atoms with Crippen LogP contribution in [0.2, 0.25) is 0 Å². The van der Waals surface area contributed by atoms with E-state index in [1.54, 1.807) is 36.4 Å². The zero-order chi connectivity index (χ0) is 20.8. The van der Waals surface area contributed by atoms with Gasteiger partial charge < -0.3 is 15.2 Å². The van der Waals surface area contributed by atoms with E-state index in [1.165, 1.54) is 6.42 Å². The van der Waals surface area contributed by atoms with E-state index in [4.69, 9.17) is 0 Å². The fourth-order valence-electron chi connectivity index (χ4n) is 3.62. The van der Waals surface area contributed by atoms with Gasteiger partial charge in [-0.3, -0.25) is 9.59 Å². The fourth-order valence-corrected chi connectivity index (χ4v) is 3.62. The molecule has 3 aromatic rings. The SMILES string of the molecule is O=C(NCCc1nnc2n1CCCCC2)c1ccc(NC(=O)c2ccccc2)cc1. The van der Waals surface area contributed by atoms with Crippen molar-refractivity contribution in [2.24, 2.45) is 0 Å². The second-order valence-electron chi connectivity index (χ2n) is 7.40. The van der Waals surface area contributed by atoms with Crippen LogP contribution in [0.5, 0.6) is 0 Å². The summed E-state index contributed by atoms with van der Waals surface area (Å²) in [4.78, 5) is 24.6. The van der Waals surface area contributed by atoms with Gasteiger partial charge in [-0.05, 0) is 49.2 Å². The van der Waals surface area contributed by atoms with Crippen molar-refractivity contribution in [3.05, 3.63) is 77.4 Å². The average Bonchev–Trinajstić information content (AvgIpc) is 3.00. The Hall–Kier alpha value is -3.48. The summed E-state index contributed by atoms with van der Waals surface area (Å²) in [6.07, 6.45) is 5.17. The van der Waals surface area contributed by atoms with Crippen LogP contribution < -0.4 is 10.6 Å². The molecule has 7 heteroatoms. The van der Waals surface area contributed by atoms with Gasteiger partial charge in [-0.15, -0.1) is 10.2 Å². The zero-order valence-electron chi connectivity index (χ0n) is 16.8. The van der Waals surface area contributed by atoms with Crippen LogP contribution in [0.1, 0.15) is 51.6 Å². The number of aryl methyl sites for hydroxylation is 1. The maximum absolute atomic E-state index is 12.4. The number of carbonyl (C=O) groups is 2. The smallest absolute Gasteiger partial charge is 0.255 e. The molecule has 154 valence electrons. The highest BCUT2D eigenvalue weighted by molar-refractivity contribution is 6.04. The number of amides is 2. The molecular formula is C23H25N5O2. The molecule has 0 radical (unpaired) electrons. The second kappa shape index (κ2) is 9.35. The minimum Gasteiger partial charge on any atom is -0.352 e. The first kappa shape index (κ1) is 19.8. The van der Waals surface area contributed by atoms with E-state index in [9.17, 15) is 9.59 Å². The van der Waals surface area contributed by atoms with Crippen molar-refractivity contribution in [2.45, 2.75) is 38.6 Å². The molecule has 0 unspecified atom stereocenters. The van der Waals surface area contributed by atoms with Crippen molar-refractivity contribution in [1.82, 2.24) is 20.1 Å². The summed E-state index contributed by atoms with van der Waals surface area (Å²) in [6.45, 7) is 1.46. The van der Waals surface area contributed by atoms with Crippen LogP contribution in [-0.2, 0) is 19.4 Å². The largest absolute Gasteiger partial charge is 0.352 e. The van der Waals surface area contributed by atoms with E-state index in [-0.39, 0.29) is 11.8 Å². The number of rotatable bonds is 6. The lowest BCUT2D eigenvalue weighted by Crippen LogP contribution is -2.26. The standard InChI is InChI=1S/C23H25N5O2/c29-22(24-15-14-21-27-26-20-9-5-2-6-16-28(20)21)18-10-12-19(13-11-18)25-23(30)17-7-3-1-4-8-17/h1,3-4,7-8,10-13H,2,5-6,9,14-16H2,(H,24,29)(H,25,30). The summed E-state index contributed by atoms with van der Waals surface area (Å²) >= 11 is 0. The monoisotopic (exact) mass is 403 g/mol. The number of nitrogens with one attached hydrogen (secondary N) is 2. The summed E-state index contributed by atoms with van der Waals surface area (Å²) in [6, 6.07) is 15.9. The van der Waals surface area contributed by atoms with E-state index < -0.39 is 0 Å². The Balaban J connectivity index is 1.29. The van der Waals surface area contributed by atoms with Gasteiger partial charge in [-0.2, -0.15) is 0 Å². The number of nitrogens with zero attached hydrogens (tertiary/aromatic N) is 3. The Morgan fingerprint density at radius 3 is 2.43 bits per heavy atom. The minimum atomic E-state index is -0.180. The minimum absolute atomic E-state index is 0.147. The molecule has 2 N–H and O–H groups in total. The lowest BCUT2D eigenvalue weighted by Gasteiger charge is -2.09. The molecular weight excluding hydrogens is 378 g/mol. The van der Waals surface area contributed by atoms with Gasteiger partial charge in [0.05, 0.1) is 0 Å². The maximum Gasteiger partial charge on any atom is 0.255 e.